The third-order valence-corrected chi connectivity index (χ3v) is 6.92. The van der Waals surface area contributed by atoms with Crippen LogP contribution in [0.3, 0.4) is 0 Å². The molecule has 0 aromatic heterocycles. The molecule has 0 heterocycles. The third-order valence-electron chi connectivity index (χ3n) is 2.94. The molecule has 0 aliphatic carbocycles. The molecule has 0 saturated carbocycles. The summed E-state index contributed by atoms with van der Waals surface area (Å²) >= 11 is 12.2. The van der Waals surface area contributed by atoms with E-state index in [0.717, 1.165) is 22.2 Å². The number of alkyl halides is 1. The van der Waals surface area contributed by atoms with Gasteiger partial charge in [-0.05, 0) is 77.7 Å². The van der Waals surface area contributed by atoms with Gasteiger partial charge < -0.3 is 0 Å². The Hall–Kier alpha value is 0.700. The zero-order valence-electron chi connectivity index (χ0n) is 15.9. The summed E-state index contributed by atoms with van der Waals surface area (Å²) in [6.45, 7) is 0. The SMILES string of the molecule is CI.Clc1ccc(SSc2ccc(Cl)cc2)cc1.FS(F)(F)c1ccc(Cl)cc1.[F][Ag][F]. The monoisotopic (exact) mass is 773 g/mol. The predicted octanol–water partition coefficient (Wildman–Crippen LogP) is 11.8. The minimum absolute atomic E-state index is 0.317. The van der Waals surface area contributed by atoms with Crippen molar-refractivity contribution in [2.24, 2.45) is 0 Å². The number of rotatable bonds is 4. The first kappa shape index (κ1) is 32.7. The fourth-order valence-corrected chi connectivity index (χ4v) is 4.42. The van der Waals surface area contributed by atoms with Gasteiger partial charge in [0.1, 0.15) is 0 Å². The summed E-state index contributed by atoms with van der Waals surface area (Å²) in [6.07, 6.45) is 0. The molecule has 183 valence electrons. The van der Waals surface area contributed by atoms with Gasteiger partial charge in [-0.3, -0.25) is 0 Å². The van der Waals surface area contributed by atoms with E-state index in [2.05, 4.69) is 22.6 Å². The summed E-state index contributed by atoms with van der Waals surface area (Å²) in [6, 6.07) is 20.1. The Morgan fingerprint density at radius 2 is 0.875 bits per heavy atom. The van der Waals surface area contributed by atoms with Crippen molar-refractivity contribution >= 4 is 90.2 Å². The number of halogens is 9. The van der Waals surface area contributed by atoms with E-state index in [9.17, 15) is 17.7 Å². The molecule has 0 unspecified atom stereocenters. The average molecular weight is 776 g/mol. The zero-order chi connectivity index (χ0) is 24.6. The summed E-state index contributed by atoms with van der Waals surface area (Å²) in [4.78, 5) is 3.74. The normalized spacial score (nSPS) is 10.6. The number of benzene rings is 3. The van der Waals surface area contributed by atoms with Crippen molar-refractivity contribution in [3.8, 4) is 0 Å². The maximum atomic E-state index is 12.0. The fourth-order valence-electron chi connectivity index (χ4n) is 1.67. The summed E-state index contributed by atoms with van der Waals surface area (Å²) in [7, 11) is 3.41. The van der Waals surface area contributed by atoms with Gasteiger partial charge in [-0.2, -0.15) is 0 Å². The Morgan fingerprint density at radius 1 is 0.625 bits per heavy atom. The van der Waals surface area contributed by atoms with Crippen LogP contribution in [-0.2, 0) is 20.8 Å². The molecule has 0 spiro atoms. The quantitative estimate of drug-likeness (QED) is 0.0851. The van der Waals surface area contributed by atoms with Crippen LogP contribution in [0.2, 0.25) is 15.1 Å². The summed E-state index contributed by atoms with van der Waals surface area (Å²) in [5.41, 5.74) is 0. The van der Waals surface area contributed by atoms with E-state index in [4.69, 9.17) is 34.8 Å². The molecular formula is C19H15AgCl3F5IS3. The van der Waals surface area contributed by atoms with Crippen LogP contribution >= 0.6 is 90.2 Å². The zero-order valence-corrected chi connectivity index (χ0v) is 24.2. The van der Waals surface area contributed by atoms with Gasteiger partial charge in [-0.1, -0.05) is 79.0 Å². The van der Waals surface area contributed by atoms with E-state index in [1.54, 1.807) is 21.6 Å². The van der Waals surface area contributed by atoms with Gasteiger partial charge in [-0.25, -0.2) is 0 Å². The van der Waals surface area contributed by atoms with Gasteiger partial charge in [0.2, 0.25) is 11.2 Å². The molecule has 0 bridgehead atoms. The topological polar surface area (TPSA) is 0 Å². The second kappa shape index (κ2) is 19.0. The van der Waals surface area contributed by atoms with Gasteiger partial charge in [0.05, 0.1) is 4.90 Å². The minimum atomic E-state index is -5.08. The van der Waals surface area contributed by atoms with Crippen molar-refractivity contribution in [3.05, 3.63) is 87.9 Å². The van der Waals surface area contributed by atoms with Gasteiger partial charge in [0, 0.05) is 24.9 Å². The molecule has 0 N–H and O–H groups in total. The molecule has 3 aromatic rings. The van der Waals surface area contributed by atoms with Crippen LogP contribution in [0.5, 0.6) is 0 Å². The molecule has 0 aliphatic rings. The Morgan fingerprint density at radius 3 is 1.12 bits per heavy atom. The van der Waals surface area contributed by atoms with Crippen molar-refractivity contribution in [2.45, 2.75) is 14.7 Å². The van der Waals surface area contributed by atoms with E-state index in [1.165, 1.54) is 21.9 Å². The summed E-state index contributed by atoms with van der Waals surface area (Å²) in [5, 5.41) is 1.85. The number of hydrogen-bond donors (Lipinski definition) is 0. The van der Waals surface area contributed by atoms with Gasteiger partial charge in [-0.15, -0.1) is 11.7 Å². The van der Waals surface area contributed by atoms with Gasteiger partial charge >= 0.3 is 26.9 Å². The fraction of sp³-hybridized carbons (Fsp3) is 0.0526. The van der Waals surface area contributed by atoms with E-state index >= 15 is 0 Å². The first-order valence-corrected chi connectivity index (χ1v) is 15.8. The molecule has 0 fully saturated rings. The second-order valence-corrected chi connectivity index (χ2v) is 10.1. The summed E-state index contributed by atoms with van der Waals surface area (Å²) in [5.74, 6) is 0. The Labute approximate surface area is 233 Å². The molecule has 0 saturated heterocycles. The molecular weight excluding hydrogens is 761 g/mol. The molecule has 3 aromatic carbocycles. The molecule has 32 heavy (non-hydrogen) atoms. The predicted molar refractivity (Wildman–Crippen MR) is 137 cm³/mol. The molecule has 3 rings (SSSR count). The van der Waals surface area contributed by atoms with Crippen molar-refractivity contribution in [1.29, 1.82) is 0 Å². The van der Waals surface area contributed by atoms with E-state index in [-0.39, 0.29) is 0 Å². The standard InChI is InChI=1S/C12H8Cl2S2.C6H4ClF3S.CH3I.Ag.2FH/c13-9-1-5-11(6-2-9)15-16-12-7-3-10(14)4-8-12;7-5-1-3-6(4-2-5)11(8,9)10;1-2;;;/h1-8H;1-4H;1H3;;2*1H/q;;;+2;;/p-2. The maximum absolute atomic E-state index is 12.0. The molecule has 0 aliphatic heterocycles. The van der Waals surface area contributed by atoms with Crippen LogP contribution in [0, 0.1) is 0 Å². The van der Waals surface area contributed by atoms with Crippen LogP contribution in [-0.4, -0.2) is 4.93 Å². The van der Waals surface area contributed by atoms with Crippen LogP contribution < -0.4 is 0 Å². The van der Waals surface area contributed by atoms with Gasteiger partial charge in [0.15, 0.2) is 0 Å². The van der Waals surface area contributed by atoms with Crippen LogP contribution in [0.4, 0.5) is 17.7 Å². The molecule has 0 atom stereocenters. The van der Waals surface area contributed by atoms with E-state index in [1.807, 2.05) is 53.5 Å². The second-order valence-electron chi connectivity index (χ2n) is 4.98. The molecule has 13 heteroatoms. The van der Waals surface area contributed by atoms with Crippen molar-refractivity contribution in [3.63, 3.8) is 0 Å². The van der Waals surface area contributed by atoms with Crippen molar-refractivity contribution in [1.82, 2.24) is 0 Å². The molecule has 0 nitrogen and oxygen atoms in total. The van der Waals surface area contributed by atoms with Crippen LogP contribution in [0.25, 0.3) is 0 Å². The first-order chi connectivity index (χ1) is 15.2. The average Bonchev–Trinajstić information content (AvgIpc) is 2.77. The Kier molecular flexibility index (Phi) is 19.4. The van der Waals surface area contributed by atoms with Crippen molar-refractivity contribution < 1.29 is 38.6 Å². The number of hydrogen-bond acceptors (Lipinski definition) is 2. The first-order valence-electron chi connectivity index (χ1n) is 7.88. The Balaban J connectivity index is 0.000000523. The van der Waals surface area contributed by atoms with E-state index < -0.39 is 36.9 Å². The van der Waals surface area contributed by atoms with Gasteiger partial charge in [0.25, 0.3) is 0 Å². The summed E-state index contributed by atoms with van der Waals surface area (Å²) < 4.78 is 55.2. The van der Waals surface area contributed by atoms with Crippen LogP contribution in [0.1, 0.15) is 0 Å². The van der Waals surface area contributed by atoms with Crippen LogP contribution in [0.15, 0.2) is 87.5 Å². The molecule has 0 radical (unpaired) electrons. The third kappa shape index (κ3) is 15.6. The van der Waals surface area contributed by atoms with Crippen molar-refractivity contribution in [2.75, 3.05) is 4.93 Å². The Bertz CT molecular complexity index is 826. The molecule has 0 amide bonds. The van der Waals surface area contributed by atoms with E-state index in [0.29, 0.717) is 5.02 Å².